The molecule has 0 aliphatic heterocycles. The van der Waals surface area contributed by atoms with E-state index in [1.165, 1.54) is 88.7 Å². The summed E-state index contributed by atoms with van der Waals surface area (Å²) in [5, 5.41) is 3.56. The van der Waals surface area contributed by atoms with Gasteiger partial charge in [-0.05, 0) is 128 Å². The van der Waals surface area contributed by atoms with Gasteiger partial charge in [-0.25, -0.2) is 4.98 Å². The lowest BCUT2D eigenvalue weighted by molar-refractivity contribution is 0.983. The molecule has 2 heteroatoms. The van der Waals surface area contributed by atoms with E-state index in [2.05, 4.69) is 231 Å². The number of aryl methyl sites for hydroxylation is 3. The summed E-state index contributed by atoms with van der Waals surface area (Å²) in [5.41, 5.74) is 21.7. The van der Waals surface area contributed by atoms with Crippen molar-refractivity contribution in [1.82, 2.24) is 9.38 Å². The molecule has 9 aromatic carbocycles. The Morgan fingerprint density at radius 1 is 0.361 bits per heavy atom. The molecule has 0 saturated carbocycles. The van der Waals surface area contributed by atoms with Crippen molar-refractivity contribution in [1.29, 1.82) is 0 Å². The number of hydrogen-bond acceptors (Lipinski definition) is 1. The zero-order chi connectivity index (χ0) is 41.0. The molecule has 0 saturated heterocycles. The van der Waals surface area contributed by atoms with Gasteiger partial charge in [-0.3, -0.25) is 4.40 Å². The van der Waals surface area contributed by atoms with Crippen molar-refractivity contribution < 1.29 is 0 Å². The number of hydrogen-bond donors (Lipinski definition) is 0. The standard InChI is InChI=1S/C59H44N2/c1-38-19-4-7-22-42(38)46-25-10-13-28-49(46)58(50-29-14-11-26-47(50)43-23-8-5-20-39(43)2)52-32-18-31-45(57(52)44-24-9-6-21-40(44)3)41-35-36-55-53(37-41)48-27-12-15-30-51(48)59-60-54-33-16-17-34-56(54)61(55)59/h4-37,58H,1-3H3. The van der Waals surface area contributed by atoms with Gasteiger partial charge in [0.1, 0.15) is 5.65 Å². The van der Waals surface area contributed by atoms with Crippen LogP contribution in [0.2, 0.25) is 0 Å². The van der Waals surface area contributed by atoms with Crippen molar-refractivity contribution in [3.63, 3.8) is 0 Å². The molecule has 0 spiro atoms. The highest BCUT2D eigenvalue weighted by molar-refractivity contribution is 6.14. The Bertz CT molecular complexity index is 3390. The summed E-state index contributed by atoms with van der Waals surface area (Å²) < 4.78 is 2.34. The molecule has 0 unspecified atom stereocenters. The monoisotopic (exact) mass is 780 g/mol. The van der Waals surface area contributed by atoms with Crippen molar-refractivity contribution in [3.05, 3.63) is 240 Å². The maximum atomic E-state index is 5.16. The molecular formula is C59H44N2. The average Bonchev–Trinajstić information content (AvgIpc) is 3.70. The van der Waals surface area contributed by atoms with Gasteiger partial charge in [0.05, 0.1) is 16.6 Å². The second kappa shape index (κ2) is 14.9. The average molecular weight is 781 g/mol. The molecule has 0 fully saturated rings. The van der Waals surface area contributed by atoms with Crippen LogP contribution in [0.5, 0.6) is 0 Å². The Hall–Kier alpha value is -7.55. The fraction of sp³-hybridized carbons (Fsp3) is 0.0678. The molecule has 11 rings (SSSR count). The van der Waals surface area contributed by atoms with Gasteiger partial charge in [0.25, 0.3) is 0 Å². The van der Waals surface area contributed by atoms with Gasteiger partial charge in [0.2, 0.25) is 0 Å². The predicted octanol–water partition coefficient (Wildman–Crippen LogP) is 15.6. The Balaban J connectivity index is 1.25. The summed E-state index contributed by atoms with van der Waals surface area (Å²) in [6.07, 6.45) is 0. The number of aromatic nitrogens is 2. The van der Waals surface area contributed by atoms with Crippen molar-refractivity contribution in [2.75, 3.05) is 0 Å². The Kier molecular flexibility index (Phi) is 8.94. The largest absolute Gasteiger partial charge is 0.292 e. The number of benzene rings is 9. The van der Waals surface area contributed by atoms with Gasteiger partial charge >= 0.3 is 0 Å². The van der Waals surface area contributed by atoms with Crippen LogP contribution in [0.15, 0.2) is 206 Å². The van der Waals surface area contributed by atoms with Crippen LogP contribution in [0.25, 0.3) is 82.9 Å². The lowest BCUT2D eigenvalue weighted by Crippen LogP contribution is -2.10. The fourth-order valence-corrected chi connectivity index (χ4v) is 9.92. The number of rotatable bonds is 7. The second-order valence-electron chi connectivity index (χ2n) is 16.4. The summed E-state index contributed by atoms with van der Waals surface area (Å²) in [4.78, 5) is 5.16. The fourth-order valence-electron chi connectivity index (χ4n) is 9.92. The van der Waals surface area contributed by atoms with E-state index in [1.807, 2.05) is 0 Å². The van der Waals surface area contributed by atoms with Crippen LogP contribution in [-0.2, 0) is 0 Å². The second-order valence-corrected chi connectivity index (χ2v) is 16.4. The van der Waals surface area contributed by atoms with Crippen LogP contribution >= 0.6 is 0 Å². The van der Waals surface area contributed by atoms with Gasteiger partial charge < -0.3 is 0 Å². The minimum absolute atomic E-state index is 0.112. The minimum atomic E-state index is -0.112. The van der Waals surface area contributed by atoms with Crippen molar-refractivity contribution in [2.24, 2.45) is 0 Å². The smallest absolute Gasteiger partial charge is 0.146 e. The first-order valence-corrected chi connectivity index (χ1v) is 21.3. The van der Waals surface area contributed by atoms with E-state index in [1.54, 1.807) is 0 Å². The number of para-hydroxylation sites is 2. The van der Waals surface area contributed by atoms with Crippen LogP contribution in [-0.4, -0.2) is 9.38 Å². The molecule has 0 bridgehead atoms. The normalized spacial score (nSPS) is 11.7. The van der Waals surface area contributed by atoms with Gasteiger partial charge in [0, 0.05) is 16.7 Å². The van der Waals surface area contributed by atoms with Crippen LogP contribution in [0, 0.1) is 20.8 Å². The molecule has 0 atom stereocenters. The van der Waals surface area contributed by atoms with E-state index in [9.17, 15) is 0 Å². The highest BCUT2D eigenvalue weighted by Crippen LogP contribution is 2.49. The van der Waals surface area contributed by atoms with Crippen LogP contribution < -0.4 is 0 Å². The van der Waals surface area contributed by atoms with E-state index < -0.39 is 0 Å². The topological polar surface area (TPSA) is 17.3 Å². The van der Waals surface area contributed by atoms with Crippen molar-refractivity contribution >= 4 is 38.4 Å². The maximum Gasteiger partial charge on any atom is 0.146 e. The molecule has 2 aromatic heterocycles. The Morgan fingerprint density at radius 3 is 1.49 bits per heavy atom. The molecule has 11 aromatic rings. The van der Waals surface area contributed by atoms with Crippen LogP contribution in [0.3, 0.4) is 0 Å². The SMILES string of the molecule is Cc1ccccc1-c1ccccc1C(c1ccccc1-c1ccccc1C)c1cccc(-c2ccc3c(c2)c2ccccc2c2nc4ccccc4n32)c1-c1ccccc1C. The van der Waals surface area contributed by atoms with Crippen molar-refractivity contribution in [2.45, 2.75) is 26.7 Å². The third-order valence-corrected chi connectivity index (χ3v) is 12.8. The molecule has 2 nitrogen and oxygen atoms in total. The molecule has 0 aliphatic rings. The summed E-state index contributed by atoms with van der Waals surface area (Å²) in [6, 6.07) is 75.9. The van der Waals surface area contributed by atoms with Gasteiger partial charge in [-0.15, -0.1) is 0 Å². The van der Waals surface area contributed by atoms with Gasteiger partial charge in [0.15, 0.2) is 0 Å². The third kappa shape index (κ3) is 6.06. The number of nitrogens with zero attached hydrogens (tertiary/aromatic N) is 2. The number of fused-ring (bicyclic) bond motifs is 8. The predicted molar refractivity (Wildman–Crippen MR) is 257 cm³/mol. The molecule has 0 N–H and O–H groups in total. The summed E-state index contributed by atoms with van der Waals surface area (Å²) in [6.45, 7) is 6.71. The Morgan fingerprint density at radius 2 is 0.852 bits per heavy atom. The molecular weight excluding hydrogens is 737 g/mol. The van der Waals surface area contributed by atoms with Crippen LogP contribution in [0.1, 0.15) is 39.3 Å². The molecule has 2 heterocycles. The summed E-state index contributed by atoms with van der Waals surface area (Å²) in [5.74, 6) is -0.112. The minimum Gasteiger partial charge on any atom is -0.292 e. The molecule has 0 aliphatic carbocycles. The summed E-state index contributed by atoms with van der Waals surface area (Å²) in [7, 11) is 0. The van der Waals surface area contributed by atoms with Gasteiger partial charge in [-0.1, -0.05) is 182 Å². The lowest BCUT2D eigenvalue weighted by atomic mass is 9.74. The first kappa shape index (κ1) is 36.5. The summed E-state index contributed by atoms with van der Waals surface area (Å²) >= 11 is 0. The van der Waals surface area contributed by atoms with Crippen molar-refractivity contribution in [3.8, 4) is 44.5 Å². The highest BCUT2D eigenvalue weighted by atomic mass is 15.0. The molecule has 0 amide bonds. The molecule has 0 radical (unpaired) electrons. The van der Waals surface area contributed by atoms with E-state index in [-0.39, 0.29) is 5.92 Å². The zero-order valence-corrected chi connectivity index (χ0v) is 34.6. The zero-order valence-electron chi connectivity index (χ0n) is 34.6. The van der Waals surface area contributed by atoms with E-state index >= 15 is 0 Å². The maximum absolute atomic E-state index is 5.16. The van der Waals surface area contributed by atoms with E-state index in [0.29, 0.717) is 0 Å². The number of imidazole rings is 1. The molecule has 290 valence electrons. The number of pyridine rings is 1. The van der Waals surface area contributed by atoms with E-state index in [4.69, 9.17) is 4.98 Å². The third-order valence-electron chi connectivity index (χ3n) is 12.8. The quantitative estimate of drug-likeness (QED) is 0.116. The first-order valence-electron chi connectivity index (χ1n) is 21.3. The Labute approximate surface area is 357 Å². The van der Waals surface area contributed by atoms with Crippen LogP contribution in [0.4, 0.5) is 0 Å². The molecule has 61 heavy (non-hydrogen) atoms. The lowest BCUT2D eigenvalue weighted by Gasteiger charge is -2.29. The van der Waals surface area contributed by atoms with Gasteiger partial charge in [-0.2, -0.15) is 0 Å². The van der Waals surface area contributed by atoms with E-state index in [0.717, 1.165) is 27.6 Å². The first-order chi connectivity index (χ1) is 30.0. The highest BCUT2D eigenvalue weighted by Gasteiger charge is 2.29.